The number of anilines is 1. The molecule has 1 heterocycles. The molecule has 0 radical (unpaired) electrons. The summed E-state index contributed by atoms with van der Waals surface area (Å²) in [5.74, 6) is 1.66. The summed E-state index contributed by atoms with van der Waals surface area (Å²) in [6.07, 6.45) is 6.73. The Labute approximate surface area is 144 Å². The number of benzene rings is 1. The van der Waals surface area contributed by atoms with Crippen molar-refractivity contribution in [2.24, 2.45) is 5.92 Å². The highest BCUT2D eigenvalue weighted by Gasteiger charge is 2.24. The number of rotatable bonds is 5. The zero-order valence-corrected chi connectivity index (χ0v) is 14.7. The van der Waals surface area contributed by atoms with Gasteiger partial charge in [-0.1, -0.05) is 0 Å². The van der Waals surface area contributed by atoms with Crippen LogP contribution < -0.4 is 14.8 Å². The number of carbonyl (C=O) groups is 1. The first kappa shape index (κ1) is 17.1. The highest BCUT2D eigenvalue weighted by atomic mass is 16.5. The third-order valence-electron chi connectivity index (χ3n) is 5.12. The van der Waals surface area contributed by atoms with Crippen molar-refractivity contribution in [3.05, 3.63) is 18.2 Å². The smallest absolute Gasteiger partial charge is 0.227 e. The maximum Gasteiger partial charge on any atom is 0.227 e. The number of ether oxygens (including phenoxy) is 2. The Morgan fingerprint density at radius 1 is 1.12 bits per heavy atom. The standard InChI is InChI=1S/C19H28N2O3/c1-21-11-9-14(10-12-21)19(22)20-15-7-8-17(23-2)18(13-15)24-16-5-3-4-6-16/h7-8,13-14,16H,3-6,9-12H2,1-2H3,(H,20,22). The van der Waals surface area contributed by atoms with E-state index in [0.717, 1.165) is 56.0 Å². The van der Waals surface area contributed by atoms with E-state index >= 15 is 0 Å². The number of carbonyl (C=O) groups excluding carboxylic acids is 1. The van der Waals surface area contributed by atoms with Gasteiger partial charge in [-0.3, -0.25) is 4.79 Å². The summed E-state index contributed by atoms with van der Waals surface area (Å²) in [7, 11) is 3.75. The third kappa shape index (κ3) is 4.20. The van der Waals surface area contributed by atoms with Gasteiger partial charge in [-0.25, -0.2) is 0 Å². The van der Waals surface area contributed by atoms with Crippen LogP contribution in [0.15, 0.2) is 18.2 Å². The van der Waals surface area contributed by atoms with E-state index in [0.29, 0.717) is 0 Å². The number of nitrogens with one attached hydrogen (secondary N) is 1. The molecule has 1 aliphatic carbocycles. The molecule has 1 aromatic rings. The lowest BCUT2D eigenvalue weighted by Crippen LogP contribution is -2.35. The molecule has 132 valence electrons. The first-order valence-electron chi connectivity index (χ1n) is 9.00. The summed E-state index contributed by atoms with van der Waals surface area (Å²) < 4.78 is 11.5. The van der Waals surface area contributed by atoms with Crippen molar-refractivity contribution < 1.29 is 14.3 Å². The Morgan fingerprint density at radius 3 is 2.50 bits per heavy atom. The van der Waals surface area contributed by atoms with Crippen LogP contribution in [0.2, 0.25) is 0 Å². The Bertz CT molecular complexity index is 562. The minimum absolute atomic E-state index is 0.0995. The van der Waals surface area contributed by atoms with Gasteiger partial charge >= 0.3 is 0 Å². The highest BCUT2D eigenvalue weighted by molar-refractivity contribution is 5.93. The molecular weight excluding hydrogens is 304 g/mol. The lowest BCUT2D eigenvalue weighted by molar-refractivity contribution is -0.121. The monoisotopic (exact) mass is 332 g/mol. The van der Waals surface area contributed by atoms with Gasteiger partial charge in [0.05, 0.1) is 13.2 Å². The molecule has 0 bridgehead atoms. The van der Waals surface area contributed by atoms with Crippen LogP contribution in [0.1, 0.15) is 38.5 Å². The predicted octanol–water partition coefficient (Wildman–Crippen LogP) is 3.30. The van der Waals surface area contributed by atoms with E-state index in [-0.39, 0.29) is 17.9 Å². The van der Waals surface area contributed by atoms with Crippen LogP contribution in [0.25, 0.3) is 0 Å². The quantitative estimate of drug-likeness (QED) is 0.899. The number of amides is 1. The predicted molar refractivity (Wildman–Crippen MR) is 94.7 cm³/mol. The number of piperidine rings is 1. The zero-order valence-electron chi connectivity index (χ0n) is 14.7. The minimum Gasteiger partial charge on any atom is -0.493 e. The molecule has 2 fully saturated rings. The van der Waals surface area contributed by atoms with Gasteiger partial charge in [-0.2, -0.15) is 0 Å². The van der Waals surface area contributed by atoms with E-state index in [4.69, 9.17) is 9.47 Å². The molecule has 1 amide bonds. The summed E-state index contributed by atoms with van der Waals surface area (Å²) in [4.78, 5) is 14.8. The Balaban J connectivity index is 1.65. The van der Waals surface area contributed by atoms with Crippen LogP contribution in [-0.2, 0) is 4.79 Å². The van der Waals surface area contributed by atoms with Gasteiger partial charge in [0, 0.05) is 17.7 Å². The number of nitrogens with zero attached hydrogens (tertiary/aromatic N) is 1. The number of methoxy groups -OCH3 is 1. The van der Waals surface area contributed by atoms with Crippen molar-refractivity contribution in [2.75, 3.05) is 32.6 Å². The van der Waals surface area contributed by atoms with E-state index in [2.05, 4.69) is 17.3 Å². The minimum atomic E-state index is 0.0995. The first-order valence-corrected chi connectivity index (χ1v) is 9.00. The molecule has 0 spiro atoms. The van der Waals surface area contributed by atoms with E-state index in [9.17, 15) is 4.79 Å². The second-order valence-electron chi connectivity index (χ2n) is 6.96. The second-order valence-corrected chi connectivity index (χ2v) is 6.96. The molecule has 0 aromatic heterocycles. The molecule has 3 rings (SSSR count). The van der Waals surface area contributed by atoms with Crippen LogP contribution in [0.5, 0.6) is 11.5 Å². The van der Waals surface area contributed by atoms with Crippen molar-refractivity contribution in [1.82, 2.24) is 4.90 Å². The van der Waals surface area contributed by atoms with E-state index in [1.807, 2.05) is 18.2 Å². The fraction of sp³-hybridized carbons (Fsp3) is 0.632. The summed E-state index contributed by atoms with van der Waals surface area (Å²) >= 11 is 0. The van der Waals surface area contributed by atoms with Crippen LogP contribution in [0.3, 0.4) is 0 Å². The van der Waals surface area contributed by atoms with Crippen LogP contribution in [-0.4, -0.2) is 44.2 Å². The second kappa shape index (κ2) is 7.88. The van der Waals surface area contributed by atoms with Gasteiger partial charge in [0.2, 0.25) is 5.91 Å². The average molecular weight is 332 g/mol. The molecule has 24 heavy (non-hydrogen) atoms. The van der Waals surface area contributed by atoms with Gasteiger partial charge in [0.1, 0.15) is 0 Å². The lowest BCUT2D eigenvalue weighted by atomic mass is 9.96. The van der Waals surface area contributed by atoms with Crippen LogP contribution in [0.4, 0.5) is 5.69 Å². The van der Waals surface area contributed by atoms with Gasteiger partial charge in [-0.05, 0) is 70.8 Å². The maximum atomic E-state index is 12.5. The average Bonchev–Trinajstić information content (AvgIpc) is 3.09. The topological polar surface area (TPSA) is 50.8 Å². The molecule has 0 atom stereocenters. The number of likely N-dealkylation sites (tertiary alicyclic amines) is 1. The summed E-state index contributed by atoms with van der Waals surface area (Å²) in [6.45, 7) is 1.97. The normalized spacial score (nSPS) is 20.1. The summed E-state index contributed by atoms with van der Waals surface area (Å²) in [6, 6.07) is 5.64. The molecule has 1 N–H and O–H groups in total. The third-order valence-corrected chi connectivity index (χ3v) is 5.12. The fourth-order valence-corrected chi connectivity index (χ4v) is 3.55. The van der Waals surface area contributed by atoms with E-state index < -0.39 is 0 Å². The van der Waals surface area contributed by atoms with Crippen molar-refractivity contribution in [3.8, 4) is 11.5 Å². The van der Waals surface area contributed by atoms with Crippen molar-refractivity contribution in [3.63, 3.8) is 0 Å². The molecule has 1 saturated carbocycles. The van der Waals surface area contributed by atoms with Crippen molar-refractivity contribution >= 4 is 11.6 Å². The number of hydrogen-bond donors (Lipinski definition) is 1. The van der Waals surface area contributed by atoms with Gasteiger partial charge in [-0.15, -0.1) is 0 Å². The SMILES string of the molecule is COc1ccc(NC(=O)C2CCN(C)CC2)cc1OC1CCCC1. The maximum absolute atomic E-state index is 12.5. The molecule has 5 heteroatoms. The lowest BCUT2D eigenvalue weighted by Gasteiger charge is -2.28. The highest BCUT2D eigenvalue weighted by Crippen LogP contribution is 2.34. The molecule has 0 unspecified atom stereocenters. The molecule has 1 aliphatic heterocycles. The molecule has 1 aromatic carbocycles. The Kier molecular flexibility index (Phi) is 5.61. The Hall–Kier alpha value is -1.75. The van der Waals surface area contributed by atoms with Crippen molar-refractivity contribution in [2.45, 2.75) is 44.6 Å². The van der Waals surface area contributed by atoms with Gasteiger partial charge in [0.25, 0.3) is 0 Å². The van der Waals surface area contributed by atoms with Gasteiger partial charge in [0.15, 0.2) is 11.5 Å². The van der Waals surface area contributed by atoms with Gasteiger partial charge < -0.3 is 19.7 Å². The van der Waals surface area contributed by atoms with Crippen molar-refractivity contribution in [1.29, 1.82) is 0 Å². The molecular formula is C19H28N2O3. The Morgan fingerprint density at radius 2 is 1.83 bits per heavy atom. The molecule has 1 saturated heterocycles. The molecule has 5 nitrogen and oxygen atoms in total. The number of hydrogen-bond acceptors (Lipinski definition) is 4. The van der Waals surface area contributed by atoms with Crippen LogP contribution >= 0.6 is 0 Å². The van der Waals surface area contributed by atoms with E-state index in [1.54, 1.807) is 7.11 Å². The van der Waals surface area contributed by atoms with Crippen LogP contribution in [0, 0.1) is 5.92 Å². The summed E-state index contributed by atoms with van der Waals surface area (Å²) in [5, 5.41) is 3.05. The van der Waals surface area contributed by atoms with E-state index in [1.165, 1.54) is 12.8 Å². The molecule has 2 aliphatic rings. The summed E-state index contributed by atoms with van der Waals surface area (Å²) in [5.41, 5.74) is 0.785. The first-order chi connectivity index (χ1) is 11.7. The zero-order chi connectivity index (χ0) is 16.9. The largest absolute Gasteiger partial charge is 0.493 e. The fourth-order valence-electron chi connectivity index (χ4n) is 3.55.